The van der Waals surface area contributed by atoms with Crippen molar-refractivity contribution < 1.29 is 21.6 Å². The maximum absolute atomic E-state index is 13.6. The van der Waals surface area contributed by atoms with E-state index >= 15 is 0 Å². The van der Waals surface area contributed by atoms with Crippen LogP contribution in [0.15, 0.2) is 64.4 Å². The third-order valence-electron chi connectivity index (χ3n) is 7.25. The number of hydrogen-bond acceptors (Lipinski definition) is 5. The molecule has 2 aromatic rings. The standard InChI is InChI=1S/C26H35N3O5S2/c1-20-9-5-8-14-25(20)28-35(31,32)23-15-17-24(18-16-23)36(33,34)29(22-12-6-7-13-22)19-26(30)27-21-10-3-2-4-11-21/h2-4,10-11,15-18,20,22,25,28H,5-9,12-14,19H2,1H3,(H,27,30)/t20-,25-/m0/s1. The fourth-order valence-electron chi connectivity index (χ4n) is 5.15. The molecule has 36 heavy (non-hydrogen) atoms. The molecule has 8 nitrogen and oxygen atoms in total. The first kappa shape index (κ1) is 26.8. The SMILES string of the molecule is C[C@H]1CCCC[C@@H]1NS(=O)(=O)c1ccc(S(=O)(=O)N(CC(=O)Nc2ccccc2)C2CCCC2)cc1. The lowest BCUT2D eigenvalue weighted by Crippen LogP contribution is -2.43. The van der Waals surface area contributed by atoms with Crippen LogP contribution in [0, 0.1) is 5.92 Å². The van der Waals surface area contributed by atoms with Crippen LogP contribution in [-0.2, 0) is 24.8 Å². The number of carbonyl (C=O) groups excluding carboxylic acids is 1. The number of amides is 1. The van der Waals surface area contributed by atoms with E-state index in [1.807, 2.05) is 13.0 Å². The van der Waals surface area contributed by atoms with Crippen LogP contribution in [0.25, 0.3) is 0 Å². The smallest absolute Gasteiger partial charge is 0.243 e. The summed E-state index contributed by atoms with van der Waals surface area (Å²) in [6, 6.07) is 13.8. The zero-order chi connectivity index (χ0) is 25.8. The van der Waals surface area contributed by atoms with Crippen LogP contribution in [-0.4, -0.2) is 45.7 Å². The van der Waals surface area contributed by atoms with Crippen molar-refractivity contribution >= 4 is 31.6 Å². The second kappa shape index (κ2) is 11.4. The first-order valence-corrected chi connectivity index (χ1v) is 15.6. The third kappa shape index (κ3) is 6.34. The van der Waals surface area contributed by atoms with Gasteiger partial charge in [0.25, 0.3) is 0 Å². The number of hydrogen-bond donors (Lipinski definition) is 2. The predicted octanol–water partition coefficient (Wildman–Crippen LogP) is 4.12. The highest BCUT2D eigenvalue weighted by atomic mass is 32.2. The van der Waals surface area contributed by atoms with Gasteiger partial charge in [0.15, 0.2) is 0 Å². The molecule has 2 aliphatic carbocycles. The number of para-hydroxylation sites is 1. The van der Waals surface area contributed by atoms with E-state index in [1.165, 1.54) is 28.6 Å². The first-order valence-electron chi connectivity index (χ1n) is 12.7. The molecule has 2 fully saturated rings. The molecule has 2 saturated carbocycles. The molecule has 0 saturated heterocycles. The van der Waals surface area contributed by atoms with E-state index in [2.05, 4.69) is 10.0 Å². The molecule has 1 amide bonds. The lowest BCUT2D eigenvalue weighted by Gasteiger charge is -2.29. The van der Waals surface area contributed by atoms with Gasteiger partial charge in [-0.05, 0) is 68.0 Å². The van der Waals surface area contributed by atoms with Gasteiger partial charge < -0.3 is 5.32 Å². The lowest BCUT2D eigenvalue weighted by atomic mass is 9.87. The maximum atomic E-state index is 13.6. The van der Waals surface area contributed by atoms with Gasteiger partial charge in [-0.15, -0.1) is 0 Å². The number of nitrogens with one attached hydrogen (secondary N) is 2. The normalized spacial score (nSPS) is 21.5. The first-order chi connectivity index (χ1) is 17.2. The van der Waals surface area contributed by atoms with Gasteiger partial charge >= 0.3 is 0 Å². The number of nitrogens with zero attached hydrogens (tertiary/aromatic N) is 1. The van der Waals surface area contributed by atoms with E-state index in [4.69, 9.17) is 0 Å². The van der Waals surface area contributed by atoms with Crippen molar-refractivity contribution in [1.29, 1.82) is 0 Å². The summed E-state index contributed by atoms with van der Waals surface area (Å²) in [6.07, 6.45) is 7.06. The largest absolute Gasteiger partial charge is 0.325 e. The summed E-state index contributed by atoms with van der Waals surface area (Å²) in [6.45, 7) is 1.75. The molecule has 0 aliphatic heterocycles. The molecule has 0 heterocycles. The summed E-state index contributed by atoms with van der Waals surface area (Å²) in [5, 5.41) is 2.76. The molecule has 0 spiro atoms. The molecule has 2 aromatic carbocycles. The fraction of sp³-hybridized carbons (Fsp3) is 0.500. The highest BCUT2D eigenvalue weighted by Crippen LogP contribution is 2.30. The Labute approximate surface area is 214 Å². The van der Waals surface area contributed by atoms with E-state index in [0.717, 1.165) is 38.5 Å². The lowest BCUT2D eigenvalue weighted by molar-refractivity contribution is -0.116. The van der Waals surface area contributed by atoms with Crippen molar-refractivity contribution in [3.05, 3.63) is 54.6 Å². The van der Waals surface area contributed by atoms with Crippen LogP contribution in [0.2, 0.25) is 0 Å². The Morgan fingerprint density at radius 2 is 1.42 bits per heavy atom. The summed E-state index contributed by atoms with van der Waals surface area (Å²) in [5.41, 5.74) is 0.598. The van der Waals surface area contributed by atoms with E-state index in [0.29, 0.717) is 18.5 Å². The number of anilines is 1. The number of sulfonamides is 2. The third-order valence-corrected chi connectivity index (χ3v) is 10.7. The molecule has 0 bridgehead atoms. The van der Waals surface area contributed by atoms with E-state index < -0.39 is 26.0 Å². The summed E-state index contributed by atoms with van der Waals surface area (Å²) in [4.78, 5) is 12.8. The molecule has 196 valence electrons. The van der Waals surface area contributed by atoms with Crippen molar-refractivity contribution in [3.63, 3.8) is 0 Å². The monoisotopic (exact) mass is 533 g/mol. The molecular weight excluding hydrogens is 498 g/mol. The summed E-state index contributed by atoms with van der Waals surface area (Å²) < 4.78 is 57.2. The molecule has 4 rings (SSSR count). The topological polar surface area (TPSA) is 113 Å². The number of rotatable bonds is 9. The highest BCUT2D eigenvalue weighted by molar-refractivity contribution is 7.89. The molecule has 2 N–H and O–H groups in total. The van der Waals surface area contributed by atoms with E-state index in [1.54, 1.807) is 24.3 Å². The van der Waals surface area contributed by atoms with Gasteiger partial charge in [0.1, 0.15) is 0 Å². The fourth-order valence-corrected chi connectivity index (χ4v) is 8.17. The maximum Gasteiger partial charge on any atom is 0.243 e. The minimum absolute atomic E-state index is 0.0214. The van der Waals surface area contributed by atoms with E-state index in [-0.39, 0.29) is 34.3 Å². The molecule has 0 aromatic heterocycles. The number of carbonyl (C=O) groups is 1. The van der Waals surface area contributed by atoms with Crippen LogP contribution in [0.4, 0.5) is 5.69 Å². The highest BCUT2D eigenvalue weighted by Gasteiger charge is 2.35. The Bertz CT molecular complexity index is 1240. The van der Waals surface area contributed by atoms with Gasteiger partial charge in [-0.25, -0.2) is 21.6 Å². The van der Waals surface area contributed by atoms with Gasteiger partial charge in [-0.3, -0.25) is 4.79 Å². The van der Waals surface area contributed by atoms with Gasteiger partial charge in [0.2, 0.25) is 26.0 Å². The zero-order valence-electron chi connectivity index (χ0n) is 20.6. The molecule has 2 atom stereocenters. The Hall–Kier alpha value is -2.27. The van der Waals surface area contributed by atoms with Crippen LogP contribution < -0.4 is 10.0 Å². The minimum atomic E-state index is -4.01. The molecule has 2 aliphatic rings. The second-order valence-corrected chi connectivity index (χ2v) is 13.5. The van der Waals surface area contributed by atoms with Crippen LogP contribution >= 0.6 is 0 Å². The molecule has 10 heteroatoms. The van der Waals surface area contributed by atoms with E-state index in [9.17, 15) is 21.6 Å². The van der Waals surface area contributed by atoms with Crippen LogP contribution in [0.3, 0.4) is 0 Å². The Balaban J connectivity index is 1.52. The van der Waals surface area contributed by atoms with Crippen molar-refractivity contribution in [3.8, 4) is 0 Å². The average Bonchev–Trinajstić information content (AvgIpc) is 3.39. The van der Waals surface area contributed by atoms with Crippen molar-refractivity contribution in [2.45, 2.75) is 80.2 Å². The summed E-state index contributed by atoms with van der Waals surface area (Å²) in [7, 11) is -7.78. The van der Waals surface area contributed by atoms with Gasteiger partial charge in [0.05, 0.1) is 16.3 Å². The predicted molar refractivity (Wildman–Crippen MR) is 139 cm³/mol. The Morgan fingerprint density at radius 1 is 0.833 bits per heavy atom. The average molecular weight is 534 g/mol. The minimum Gasteiger partial charge on any atom is -0.325 e. The second-order valence-electron chi connectivity index (χ2n) is 9.86. The van der Waals surface area contributed by atoms with Crippen LogP contribution in [0.1, 0.15) is 58.3 Å². The van der Waals surface area contributed by atoms with Gasteiger partial charge in [0, 0.05) is 17.8 Å². The molecular formula is C26H35N3O5S2. The van der Waals surface area contributed by atoms with Gasteiger partial charge in [-0.2, -0.15) is 4.31 Å². The summed E-state index contributed by atoms with van der Waals surface area (Å²) in [5.74, 6) is -0.156. The molecule has 0 unspecified atom stereocenters. The number of benzene rings is 2. The van der Waals surface area contributed by atoms with Crippen molar-refractivity contribution in [2.75, 3.05) is 11.9 Å². The Morgan fingerprint density at radius 3 is 2.06 bits per heavy atom. The zero-order valence-corrected chi connectivity index (χ0v) is 22.2. The summed E-state index contributed by atoms with van der Waals surface area (Å²) >= 11 is 0. The quantitative estimate of drug-likeness (QED) is 0.504. The van der Waals surface area contributed by atoms with Crippen molar-refractivity contribution in [2.24, 2.45) is 5.92 Å². The Kier molecular flexibility index (Phi) is 8.49. The van der Waals surface area contributed by atoms with Gasteiger partial charge in [-0.1, -0.05) is 50.8 Å². The van der Waals surface area contributed by atoms with Crippen LogP contribution in [0.5, 0.6) is 0 Å². The van der Waals surface area contributed by atoms with Crippen molar-refractivity contribution in [1.82, 2.24) is 9.03 Å². The molecule has 0 radical (unpaired) electrons.